The maximum atomic E-state index is 11.2. The standard InChI is InChI=1S/C17H13ClO2/c18-13-7-8-15-12(9-13)6-5-11-3-1-2-4-14(11)16(15)10-17(19)20/h1-4,7-10H,5-6H2,(H,19,20). The molecule has 0 heterocycles. The summed E-state index contributed by atoms with van der Waals surface area (Å²) in [4.78, 5) is 11.2. The number of rotatable bonds is 1. The van der Waals surface area contributed by atoms with Crippen LogP contribution in [-0.2, 0) is 17.6 Å². The number of hydrogen-bond acceptors (Lipinski definition) is 1. The molecule has 0 aliphatic heterocycles. The molecule has 2 aromatic carbocycles. The molecule has 0 fully saturated rings. The van der Waals surface area contributed by atoms with Crippen molar-refractivity contribution in [3.05, 3.63) is 75.8 Å². The van der Waals surface area contributed by atoms with E-state index in [-0.39, 0.29) is 0 Å². The third kappa shape index (κ3) is 2.35. The van der Waals surface area contributed by atoms with Gasteiger partial charge in [0, 0.05) is 11.1 Å². The van der Waals surface area contributed by atoms with Gasteiger partial charge in [-0.15, -0.1) is 0 Å². The van der Waals surface area contributed by atoms with Crippen molar-refractivity contribution in [1.82, 2.24) is 0 Å². The quantitative estimate of drug-likeness (QED) is 0.805. The van der Waals surface area contributed by atoms with Crippen LogP contribution >= 0.6 is 11.6 Å². The van der Waals surface area contributed by atoms with Gasteiger partial charge < -0.3 is 5.11 Å². The normalized spacial score (nSPS) is 15.3. The molecule has 0 unspecified atom stereocenters. The zero-order valence-corrected chi connectivity index (χ0v) is 11.5. The molecular weight excluding hydrogens is 272 g/mol. The molecule has 0 amide bonds. The van der Waals surface area contributed by atoms with Gasteiger partial charge in [0.2, 0.25) is 0 Å². The van der Waals surface area contributed by atoms with Gasteiger partial charge in [-0.1, -0.05) is 41.9 Å². The number of aryl methyl sites for hydroxylation is 2. The van der Waals surface area contributed by atoms with Gasteiger partial charge in [0.1, 0.15) is 0 Å². The van der Waals surface area contributed by atoms with Crippen LogP contribution in [0.5, 0.6) is 0 Å². The predicted octanol–water partition coefficient (Wildman–Crippen LogP) is 3.95. The van der Waals surface area contributed by atoms with Crippen LogP contribution in [0.4, 0.5) is 0 Å². The largest absolute Gasteiger partial charge is 0.478 e. The SMILES string of the molecule is O=C(O)C=C1c2ccccc2CCc2cc(Cl)ccc21. The van der Waals surface area contributed by atoms with Crippen molar-refractivity contribution in [2.45, 2.75) is 12.8 Å². The molecule has 1 N–H and O–H groups in total. The Labute approximate surface area is 122 Å². The first-order valence-corrected chi connectivity index (χ1v) is 6.84. The Bertz CT molecular complexity index is 717. The van der Waals surface area contributed by atoms with E-state index >= 15 is 0 Å². The smallest absolute Gasteiger partial charge is 0.328 e. The van der Waals surface area contributed by atoms with Crippen molar-refractivity contribution in [3.8, 4) is 0 Å². The number of aliphatic carboxylic acids is 1. The van der Waals surface area contributed by atoms with Crippen LogP contribution in [0, 0.1) is 0 Å². The molecule has 1 aliphatic rings. The average Bonchev–Trinajstić information content (AvgIpc) is 2.57. The van der Waals surface area contributed by atoms with E-state index in [4.69, 9.17) is 16.7 Å². The lowest BCUT2D eigenvalue weighted by molar-refractivity contribution is -0.131. The minimum absolute atomic E-state index is 0.685. The van der Waals surface area contributed by atoms with Gasteiger partial charge in [-0.2, -0.15) is 0 Å². The third-order valence-electron chi connectivity index (χ3n) is 3.60. The van der Waals surface area contributed by atoms with Gasteiger partial charge in [0.15, 0.2) is 0 Å². The molecule has 3 rings (SSSR count). The third-order valence-corrected chi connectivity index (χ3v) is 3.83. The second-order valence-electron chi connectivity index (χ2n) is 4.85. The molecule has 0 spiro atoms. The molecule has 0 aromatic heterocycles. The van der Waals surface area contributed by atoms with Gasteiger partial charge in [-0.05, 0) is 52.8 Å². The fourth-order valence-corrected chi connectivity index (χ4v) is 2.92. The zero-order chi connectivity index (χ0) is 14.1. The van der Waals surface area contributed by atoms with Crippen LogP contribution in [0.25, 0.3) is 5.57 Å². The number of carboxylic acids is 1. The zero-order valence-electron chi connectivity index (χ0n) is 10.8. The first kappa shape index (κ1) is 12.9. The number of fused-ring (bicyclic) bond motifs is 2. The molecule has 3 heteroatoms. The highest BCUT2D eigenvalue weighted by Crippen LogP contribution is 2.34. The lowest BCUT2D eigenvalue weighted by atomic mass is 9.94. The van der Waals surface area contributed by atoms with Crippen molar-refractivity contribution >= 4 is 23.1 Å². The van der Waals surface area contributed by atoms with Gasteiger partial charge >= 0.3 is 5.97 Å². The lowest BCUT2D eigenvalue weighted by Gasteiger charge is -2.11. The Morgan fingerprint density at radius 1 is 1.05 bits per heavy atom. The van der Waals surface area contributed by atoms with E-state index in [1.165, 1.54) is 11.6 Å². The molecule has 0 saturated carbocycles. The molecule has 0 radical (unpaired) electrons. The number of carboxylic acid groups (broad SMARTS) is 1. The van der Waals surface area contributed by atoms with E-state index in [2.05, 4.69) is 6.07 Å². The fraction of sp³-hybridized carbons (Fsp3) is 0.118. The van der Waals surface area contributed by atoms with Crippen LogP contribution < -0.4 is 0 Å². The van der Waals surface area contributed by atoms with Crippen LogP contribution in [0.1, 0.15) is 22.3 Å². The molecule has 2 aromatic rings. The average molecular weight is 285 g/mol. The highest BCUT2D eigenvalue weighted by Gasteiger charge is 2.18. The van der Waals surface area contributed by atoms with Gasteiger partial charge in [-0.3, -0.25) is 0 Å². The number of hydrogen-bond donors (Lipinski definition) is 1. The Morgan fingerprint density at radius 2 is 1.75 bits per heavy atom. The molecular formula is C17H13ClO2. The van der Waals surface area contributed by atoms with E-state index in [9.17, 15) is 4.79 Å². The summed E-state index contributed by atoms with van der Waals surface area (Å²) in [5, 5.41) is 9.85. The van der Waals surface area contributed by atoms with E-state index < -0.39 is 5.97 Å². The Hall–Kier alpha value is -2.06. The summed E-state index contributed by atoms with van der Waals surface area (Å²) in [5.41, 5.74) is 4.99. The molecule has 100 valence electrons. The monoisotopic (exact) mass is 284 g/mol. The Kier molecular flexibility index (Phi) is 3.33. The molecule has 0 bridgehead atoms. The first-order chi connectivity index (χ1) is 9.65. The summed E-state index contributed by atoms with van der Waals surface area (Å²) in [5.74, 6) is -0.933. The lowest BCUT2D eigenvalue weighted by Crippen LogP contribution is -1.97. The summed E-state index contributed by atoms with van der Waals surface area (Å²) in [7, 11) is 0. The fourth-order valence-electron chi connectivity index (χ4n) is 2.73. The predicted molar refractivity (Wildman–Crippen MR) is 80.0 cm³/mol. The molecule has 0 saturated heterocycles. The number of benzene rings is 2. The van der Waals surface area contributed by atoms with Gasteiger partial charge in [0.05, 0.1) is 0 Å². The topological polar surface area (TPSA) is 37.3 Å². The van der Waals surface area contributed by atoms with E-state index in [1.54, 1.807) is 0 Å². The molecule has 2 nitrogen and oxygen atoms in total. The van der Waals surface area contributed by atoms with Gasteiger partial charge in [-0.25, -0.2) is 4.79 Å². The maximum Gasteiger partial charge on any atom is 0.328 e. The summed E-state index contributed by atoms with van der Waals surface area (Å²) < 4.78 is 0. The highest BCUT2D eigenvalue weighted by atomic mass is 35.5. The molecule has 20 heavy (non-hydrogen) atoms. The van der Waals surface area contributed by atoms with Crippen LogP contribution in [0.2, 0.25) is 5.02 Å². The first-order valence-electron chi connectivity index (χ1n) is 6.47. The van der Waals surface area contributed by atoms with Gasteiger partial charge in [0.25, 0.3) is 0 Å². The molecule has 1 aliphatic carbocycles. The van der Waals surface area contributed by atoms with Crippen molar-refractivity contribution in [1.29, 1.82) is 0 Å². The Morgan fingerprint density at radius 3 is 2.55 bits per heavy atom. The summed E-state index contributed by atoms with van der Waals surface area (Å²) in [6.45, 7) is 0. The Balaban J connectivity index is 2.28. The highest BCUT2D eigenvalue weighted by molar-refractivity contribution is 6.30. The number of carbonyl (C=O) groups is 1. The van der Waals surface area contributed by atoms with E-state index in [0.717, 1.165) is 35.1 Å². The summed E-state index contributed by atoms with van der Waals surface area (Å²) >= 11 is 6.06. The van der Waals surface area contributed by atoms with E-state index in [1.807, 2.05) is 36.4 Å². The molecule has 0 atom stereocenters. The minimum Gasteiger partial charge on any atom is -0.478 e. The van der Waals surface area contributed by atoms with Crippen molar-refractivity contribution in [3.63, 3.8) is 0 Å². The van der Waals surface area contributed by atoms with Crippen LogP contribution in [-0.4, -0.2) is 11.1 Å². The van der Waals surface area contributed by atoms with E-state index in [0.29, 0.717) is 5.02 Å². The second-order valence-corrected chi connectivity index (χ2v) is 5.29. The second kappa shape index (κ2) is 5.14. The number of halogens is 1. The van der Waals surface area contributed by atoms with Crippen LogP contribution in [0.3, 0.4) is 0 Å². The maximum absolute atomic E-state index is 11.2. The van der Waals surface area contributed by atoms with Crippen LogP contribution in [0.15, 0.2) is 48.5 Å². The minimum atomic E-state index is -0.933. The van der Waals surface area contributed by atoms with Crippen molar-refractivity contribution in [2.24, 2.45) is 0 Å². The summed E-state index contributed by atoms with van der Waals surface area (Å²) in [6.07, 6.45) is 3.04. The van der Waals surface area contributed by atoms with Crippen molar-refractivity contribution < 1.29 is 9.90 Å². The summed E-state index contributed by atoms with van der Waals surface area (Å²) in [6, 6.07) is 13.6. The van der Waals surface area contributed by atoms with Crippen molar-refractivity contribution in [2.75, 3.05) is 0 Å².